The van der Waals surface area contributed by atoms with E-state index in [0.717, 1.165) is 0 Å². The van der Waals surface area contributed by atoms with Gasteiger partial charge in [-0.3, -0.25) is 0 Å². The third kappa shape index (κ3) is 9.07. The maximum atomic E-state index is 12.0. The number of rotatable bonds is 7. The van der Waals surface area contributed by atoms with E-state index in [9.17, 15) is 19.5 Å². The zero-order valence-electron chi connectivity index (χ0n) is 18.4. The van der Waals surface area contributed by atoms with Crippen LogP contribution in [0.15, 0.2) is 6.20 Å². The number of ether oxygens (including phenoxy) is 3. The van der Waals surface area contributed by atoms with Crippen LogP contribution in [0.2, 0.25) is 0 Å². The van der Waals surface area contributed by atoms with Crippen LogP contribution in [0.5, 0.6) is 0 Å². The second kappa shape index (κ2) is 10.2. The number of nitrogens with zero attached hydrogens (tertiary/aromatic N) is 3. The van der Waals surface area contributed by atoms with Gasteiger partial charge in [0.05, 0.1) is 26.5 Å². The number of aromatic nitrogens is 3. The maximum absolute atomic E-state index is 12.0. The minimum atomic E-state index is -1.09. The van der Waals surface area contributed by atoms with Gasteiger partial charge in [-0.15, -0.1) is 5.10 Å². The van der Waals surface area contributed by atoms with Crippen LogP contribution in [-0.2, 0) is 25.5 Å². The van der Waals surface area contributed by atoms with E-state index in [2.05, 4.69) is 20.9 Å². The predicted molar refractivity (Wildman–Crippen MR) is 104 cm³/mol. The minimum Gasteiger partial charge on any atom is -0.467 e. The first kappa shape index (κ1) is 25.1. The van der Waals surface area contributed by atoms with Gasteiger partial charge in [0.25, 0.3) is 0 Å². The lowest BCUT2D eigenvalue weighted by molar-refractivity contribution is -0.143. The van der Waals surface area contributed by atoms with Crippen LogP contribution < -0.4 is 10.6 Å². The number of nitrogens with one attached hydrogen (secondary N) is 2. The fourth-order valence-electron chi connectivity index (χ4n) is 2.18. The largest absolute Gasteiger partial charge is 0.467 e. The number of alkyl carbamates (subject to hydrolysis) is 2. The Labute approximate surface area is 175 Å². The Morgan fingerprint density at radius 3 is 2.07 bits per heavy atom. The molecule has 0 aliphatic carbocycles. The molecule has 0 radical (unpaired) electrons. The molecular weight excluding hydrogens is 398 g/mol. The Hall–Kier alpha value is -2.89. The van der Waals surface area contributed by atoms with Crippen molar-refractivity contribution in [2.24, 2.45) is 0 Å². The molecular formula is C18H31N5O7. The lowest BCUT2D eigenvalue weighted by Crippen LogP contribution is -2.46. The molecule has 1 heterocycles. The standard InChI is InChI=1S/C18H31N5O7/c1-17(2,3)29-15(26)19-12(14(25)28-7)9-23-8-11(21-22-23)13(10-24)20-16(27)30-18(4,5)6/h8,12-13,24H,9-10H2,1-7H3,(H,19,26)(H,20,27)/t12-,13-/m1/s1. The van der Waals surface area contributed by atoms with Crippen molar-refractivity contribution < 1.29 is 33.7 Å². The number of hydrogen-bond acceptors (Lipinski definition) is 9. The Bertz CT molecular complexity index is 736. The predicted octanol–water partition coefficient (Wildman–Crippen LogP) is 0.902. The molecule has 3 N–H and O–H groups in total. The molecule has 0 unspecified atom stereocenters. The molecule has 0 spiro atoms. The van der Waals surface area contributed by atoms with E-state index >= 15 is 0 Å². The molecule has 30 heavy (non-hydrogen) atoms. The van der Waals surface area contributed by atoms with Crippen LogP contribution in [-0.4, -0.2) is 69.2 Å². The summed E-state index contributed by atoms with van der Waals surface area (Å²) in [6.45, 7) is 9.64. The molecule has 1 rings (SSSR count). The number of amides is 2. The van der Waals surface area contributed by atoms with Gasteiger partial charge in [0.15, 0.2) is 0 Å². The fourth-order valence-corrected chi connectivity index (χ4v) is 2.18. The summed E-state index contributed by atoms with van der Waals surface area (Å²) >= 11 is 0. The van der Waals surface area contributed by atoms with Crippen molar-refractivity contribution in [2.45, 2.75) is 71.4 Å². The van der Waals surface area contributed by atoms with E-state index in [1.54, 1.807) is 41.5 Å². The molecule has 2 amide bonds. The SMILES string of the molecule is COC(=O)[C@@H](Cn1cc([C@@H](CO)NC(=O)OC(C)(C)C)nn1)NC(=O)OC(C)(C)C. The third-order valence-electron chi connectivity index (χ3n) is 3.33. The number of methoxy groups -OCH3 is 1. The summed E-state index contributed by atoms with van der Waals surface area (Å²) in [6.07, 6.45) is -0.0986. The van der Waals surface area contributed by atoms with E-state index in [0.29, 0.717) is 0 Å². The maximum Gasteiger partial charge on any atom is 0.408 e. The van der Waals surface area contributed by atoms with Crippen molar-refractivity contribution in [3.05, 3.63) is 11.9 Å². The smallest absolute Gasteiger partial charge is 0.408 e. The van der Waals surface area contributed by atoms with Gasteiger partial charge < -0.3 is 30.0 Å². The summed E-state index contributed by atoms with van der Waals surface area (Å²) < 4.78 is 16.3. The first-order chi connectivity index (χ1) is 13.7. The Kier molecular flexibility index (Phi) is 8.58. The van der Waals surface area contributed by atoms with E-state index in [4.69, 9.17) is 14.2 Å². The zero-order chi connectivity index (χ0) is 23.1. The van der Waals surface area contributed by atoms with Gasteiger partial charge >= 0.3 is 18.2 Å². The highest BCUT2D eigenvalue weighted by Gasteiger charge is 2.27. The van der Waals surface area contributed by atoms with Crippen molar-refractivity contribution in [1.29, 1.82) is 0 Å². The molecule has 0 saturated heterocycles. The van der Waals surface area contributed by atoms with Crippen LogP contribution in [0.3, 0.4) is 0 Å². The molecule has 0 aliphatic heterocycles. The number of aliphatic hydroxyl groups is 1. The van der Waals surface area contributed by atoms with Gasteiger partial charge in [-0.2, -0.15) is 0 Å². The molecule has 0 saturated carbocycles. The van der Waals surface area contributed by atoms with E-state index in [-0.39, 0.29) is 12.2 Å². The third-order valence-corrected chi connectivity index (χ3v) is 3.33. The summed E-state index contributed by atoms with van der Waals surface area (Å²) in [6, 6.07) is -1.96. The summed E-state index contributed by atoms with van der Waals surface area (Å²) in [4.78, 5) is 35.9. The lowest BCUT2D eigenvalue weighted by atomic mass is 10.2. The monoisotopic (exact) mass is 429 g/mol. The highest BCUT2D eigenvalue weighted by molar-refractivity contribution is 5.81. The molecule has 12 heteroatoms. The quantitative estimate of drug-likeness (QED) is 0.423. The van der Waals surface area contributed by atoms with Gasteiger partial charge in [-0.25, -0.2) is 19.1 Å². The topological polar surface area (TPSA) is 154 Å². The zero-order valence-corrected chi connectivity index (χ0v) is 18.4. The molecule has 0 aromatic carbocycles. The van der Waals surface area contributed by atoms with Gasteiger partial charge in [-0.1, -0.05) is 5.21 Å². The minimum absolute atomic E-state index is 0.108. The summed E-state index contributed by atoms with van der Waals surface area (Å²) in [5.74, 6) is -0.705. The first-order valence-corrected chi connectivity index (χ1v) is 9.32. The number of hydrogen-bond donors (Lipinski definition) is 3. The number of carbonyl (C=O) groups excluding carboxylic acids is 3. The van der Waals surface area contributed by atoms with Gasteiger partial charge in [-0.05, 0) is 41.5 Å². The van der Waals surface area contributed by atoms with Gasteiger partial charge in [0, 0.05) is 0 Å². The lowest BCUT2D eigenvalue weighted by Gasteiger charge is -2.22. The van der Waals surface area contributed by atoms with Crippen molar-refractivity contribution in [3.8, 4) is 0 Å². The van der Waals surface area contributed by atoms with Gasteiger partial charge in [0.1, 0.15) is 29.0 Å². The molecule has 0 bridgehead atoms. The molecule has 12 nitrogen and oxygen atoms in total. The molecule has 1 aromatic heterocycles. The Morgan fingerprint density at radius 1 is 1.07 bits per heavy atom. The first-order valence-electron chi connectivity index (χ1n) is 9.32. The Morgan fingerprint density at radius 2 is 1.60 bits per heavy atom. The van der Waals surface area contributed by atoms with Crippen LogP contribution in [0.4, 0.5) is 9.59 Å². The van der Waals surface area contributed by atoms with Crippen molar-refractivity contribution in [1.82, 2.24) is 25.6 Å². The molecule has 1 aromatic rings. The average Bonchev–Trinajstić information content (AvgIpc) is 3.03. The van der Waals surface area contributed by atoms with Crippen LogP contribution in [0.1, 0.15) is 53.3 Å². The van der Waals surface area contributed by atoms with Crippen molar-refractivity contribution >= 4 is 18.2 Å². The van der Waals surface area contributed by atoms with Crippen LogP contribution in [0.25, 0.3) is 0 Å². The van der Waals surface area contributed by atoms with Crippen molar-refractivity contribution in [3.63, 3.8) is 0 Å². The fraction of sp³-hybridized carbons (Fsp3) is 0.722. The highest BCUT2D eigenvalue weighted by atomic mass is 16.6. The van der Waals surface area contributed by atoms with E-state index < -0.39 is 48.0 Å². The van der Waals surface area contributed by atoms with Crippen molar-refractivity contribution in [2.75, 3.05) is 13.7 Å². The average molecular weight is 429 g/mol. The summed E-state index contributed by atoms with van der Waals surface area (Å²) in [5.41, 5.74) is -1.21. The van der Waals surface area contributed by atoms with E-state index in [1.807, 2.05) is 0 Å². The molecule has 170 valence electrons. The molecule has 0 aliphatic rings. The molecule has 0 fully saturated rings. The van der Waals surface area contributed by atoms with Crippen LogP contribution >= 0.6 is 0 Å². The Balaban J connectivity index is 2.85. The number of aliphatic hydroxyl groups excluding tert-OH is 1. The second-order valence-corrected chi connectivity index (χ2v) is 8.47. The summed E-state index contributed by atoms with van der Waals surface area (Å²) in [7, 11) is 1.19. The van der Waals surface area contributed by atoms with Crippen LogP contribution in [0, 0.1) is 0 Å². The van der Waals surface area contributed by atoms with Gasteiger partial charge in [0.2, 0.25) is 0 Å². The van der Waals surface area contributed by atoms with E-state index in [1.165, 1.54) is 18.0 Å². The summed E-state index contributed by atoms with van der Waals surface area (Å²) in [5, 5.41) is 22.3. The number of carbonyl (C=O) groups is 3. The molecule has 2 atom stereocenters. The number of esters is 1. The normalized spacial score (nSPS) is 13.7. The highest BCUT2D eigenvalue weighted by Crippen LogP contribution is 2.12. The second-order valence-electron chi connectivity index (χ2n) is 8.47.